The topological polar surface area (TPSA) is 26.3 Å². The molecule has 2 nitrogen and oxygen atoms in total. The van der Waals surface area contributed by atoms with Gasteiger partial charge in [0.2, 0.25) is 0 Å². The van der Waals surface area contributed by atoms with E-state index in [-0.39, 0.29) is 11.9 Å². The van der Waals surface area contributed by atoms with Crippen molar-refractivity contribution in [2.75, 3.05) is 6.61 Å². The summed E-state index contributed by atoms with van der Waals surface area (Å²) in [6, 6.07) is 0. The molecule has 20 heavy (non-hydrogen) atoms. The van der Waals surface area contributed by atoms with Crippen LogP contribution in [-0.2, 0) is 9.53 Å². The van der Waals surface area contributed by atoms with Gasteiger partial charge in [-0.3, -0.25) is 4.79 Å². The molecule has 0 aromatic carbocycles. The van der Waals surface area contributed by atoms with Crippen molar-refractivity contribution in [2.45, 2.75) is 91.9 Å². The van der Waals surface area contributed by atoms with Crippen LogP contribution in [0.15, 0.2) is 0 Å². The van der Waals surface area contributed by atoms with E-state index in [1.807, 2.05) is 6.92 Å². The van der Waals surface area contributed by atoms with Crippen LogP contribution in [0.5, 0.6) is 0 Å². The third-order valence-electron chi connectivity index (χ3n) is 3.72. The molecule has 1 atom stereocenters. The number of carbonyl (C=O) groups excluding carboxylic acids is 1. The van der Waals surface area contributed by atoms with Crippen molar-refractivity contribution in [3.8, 4) is 0 Å². The molecule has 2 heteroatoms. The van der Waals surface area contributed by atoms with Crippen LogP contribution >= 0.6 is 0 Å². The van der Waals surface area contributed by atoms with Crippen LogP contribution in [-0.4, -0.2) is 12.6 Å². The molecular formula is C18H36O2. The Morgan fingerprint density at radius 2 is 1.35 bits per heavy atom. The van der Waals surface area contributed by atoms with Crippen molar-refractivity contribution in [3.63, 3.8) is 0 Å². The lowest BCUT2D eigenvalue weighted by Crippen LogP contribution is -2.17. The molecule has 0 radical (unpaired) electrons. The molecule has 0 aliphatic carbocycles. The summed E-state index contributed by atoms with van der Waals surface area (Å²) >= 11 is 0. The molecule has 120 valence electrons. The van der Waals surface area contributed by atoms with E-state index in [0.717, 1.165) is 12.8 Å². The predicted octanol–water partition coefficient (Wildman–Crippen LogP) is 5.74. The molecular weight excluding hydrogens is 248 g/mol. The number of esters is 1. The van der Waals surface area contributed by atoms with Gasteiger partial charge in [-0.1, -0.05) is 79.1 Å². The van der Waals surface area contributed by atoms with Gasteiger partial charge in [0.25, 0.3) is 0 Å². The largest absolute Gasteiger partial charge is 0.465 e. The first-order valence-electron chi connectivity index (χ1n) is 8.74. The van der Waals surface area contributed by atoms with Gasteiger partial charge in [-0.2, -0.15) is 0 Å². The van der Waals surface area contributed by atoms with E-state index < -0.39 is 0 Å². The maximum atomic E-state index is 11.7. The van der Waals surface area contributed by atoms with Gasteiger partial charge >= 0.3 is 5.97 Å². The summed E-state index contributed by atoms with van der Waals surface area (Å²) in [6.45, 7) is 9.12. The quantitative estimate of drug-likeness (QED) is 0.318. The zero-order valence-corrected chi connectivity index (χ0v) is 14.2. The molecule has 0 saturated heterocycles. The highest BCUT2D eigenvalue weighted by Gasteiger charge is 2.15. The first kappa shape index (κ1) is 19.5. The predicted molar refractivity (Wildman–Crippen MR) is 86.8 cm³/mol. The Bertz CT molecular complexity index is 223. The van der Waals surface area contributed by atoms with Gasteiger partial charge in [-0.25, -0.2) is 0 Å². The molecule has 0 rings (SSSR count). The number of rotatable bonds is 13. The average molecular weight is 284 g/mol. The summed E-state index contributed by atoms with van der Waals surface area (Å²) in [7, 11) is 0. The zero-order valence-electron chi connectivity index (χ0n) is 14.2. The van der Waals surface area contributed by atoms with E-state index in [2.05, 4.69) is 20.8 Å². The SMILES string of the molecule is CCCCCCCCCCCOC(=O)C(C)CC(C)C. The van der Waals surface area contributed by atoms with Gasteiger partial charge in [0.1, 0.15) is 0 Å². The van der Waals surface area contributed by atoms with Crippen LogP contribution in [0.2, 0.25) is 0 Å². The average Bonchev–Trinajstić information content (AvgIpc) is 2.39. The van der Waals surface area contributed by atoms with E-state index in [4.69, 9.17) is 4.74 Å². The highest BCUT2D eigenvalue weighted by atomic mass is 16.5. The Labute approximate surface area is 126 Å². The Morgan fingerprint density at radius 3 is 1.85 bits per heavy atom. The minimum absolute atomic E-state index is 0.0155. The van der Waals surface area contributed by atoms with Crippen LogP contribution in [0.25, 0.3) is 0 Å². The Hall–Kier alpha value is -0.530. The highest BCUT2D eigenvalue weighted by Crippen LogP contribution is 2.13. The van der Waals surface area contributed by atoms with Crippen molar-refractivity contribution in [2.24, 2.45) is 11.8 Å². The summed E-state index contributed by atoms with van der Waals surface area (Å²) < 4.78 is 5.33. The van der Waals surface area contributed by atoms with E-state index in [0.29, 0.717) is 12.5 Å². The fraction of sp³-hybridized carbons (Fsp3) is 0.944. The Morgan fingerprint density at radius 1 is 0.850 bits per heavy atom. The molecule has 0 spiro atoms. The lowest BCUT2D eigenvalue weighted by molar-refractivity contribution is -0.148. The summed E-state index contributed by atoms with van der Waals surface area (Å²) in [6.07, 6.45) is 12.6. The molecule has 0 aromatic heterocycles. The van der Waals surface area contributed by atoms with E-state index in [1.54, 1.807) is 0 Å². The standard InChI is InChI=1S/C18H36O2/c1-5-6-7-8-9-10-11-12-13-14-20-18(19)17(4)15-16(2)3/h16-17H,5-15H2,1-4H3. The lowest BCUT2D eigenvalue weighted by atomic mass is 9.99. The first-order chi connectivity index (χ1) is 9.57. The summed E-state index contributed by atoms with van der Waals surface area (Å²) in [5.41, 5.74) is 0. The van der Waals surface area contributed by atoms with E-state index >= 15 is 0 Å². The number of ether oxygens (including phenoxy) is 1. The molecule has 0 bridgehead atoms. The van der Waals surface area contributed by atoms with Crippen molar-refractivity contribution in [1.82, 2.24) is 0 Å². The van der Waals surface area contributed by atoms with Crippen LogP contribution in [0.1, 0.15) is 91.9 Å². The van der Waals surface area contributed by atoms with Crippen LogP contribution < -0.4 is 0 Å². The molecule has 0 fully saturated rings. The zero-order chi connectivity index (χ0) is 15.2. The van der Waals surface area contributed by atoms with Crippen LogP contribution in [0, 0.1) is 11.8 Å². The van der Waals surface area contributed by atoms with E-state index in [1.165, 1.54) is 51.4 Å². The number of unbranched alkanes of at least 4 members (excludes halogenated alkanes) is 8. The first-order valence-corrected chi connectivity index (χ1v) is 8.74. The molecule has 0 aliphatic rings. The Kier molecular flexibility index (Phi) is 13.1. The monoisotopic (exact) mass is 284 g/mol. The second-order valence-electron chi connectivity index (χ2n) is 6.53. The van der Waals surface area contributed by atoms with Gasteiger partial charge in [0.05, 0.1) is 12.5 Å². The molecule has 1 unspecified atom stereocenters. The molecule has 0 amide bonds. The minimum Gasteiger partial charge on any atom is -0.465 e. The van der Waals surface area contributed by atoms with Gasteiger partial charge in [0.15, 0.2) is 0 Å². The van der Waals surface area contributed by atoms with E-state index in [9.17, 15) is 4.79 Å². The maximum absolute atomic E-state index is 11.7. The van der Waals surface area contributed by atoms with Crippen molar-refractivity contribution in [3.05, 3.63) is 0 Å². The number of hydrogen-bond acceptors (Lipinski definition) is 2. The highest BCUT2D eigenvalue weighted by molar-refractivity contribution is 5.71. The van der Waals surface area contributed by atoms with Gasteiger partial charge in [-0.15, -0.1) is 0 Å². The summed E-state index contributed by atoms with van der Waals surface area (Å²) in [5, 5.41) is 0. The summed E-state index contributed by atoms with van der Waals surface area (Å²) in [5.74, 6) is 0.595. The van der Waals surface area contributed by atoms with Gasteiger partial charge < -0.3 is 4.74 Å². The van der Waals surface area contributed by atoms with Gasteiger partial charge in [0, 0.05) is 0 Å². The third kappa shape index (κ3) is 12.5. The lowest BCUT2D eigenvalue weighted by Gasteiger charge is -2.13. The second kappa shape index (κ2) is 13.5. The summed E-state index contributed by atoms with van der Waals surface area (Å²) in [4.78, 5) is 11.7. The molecule has 0 aromatic rings. The second-order valence-corrected chi connectivity index (χ2v) is 6.53. The van der Waals surface area contributed by atoms with Crippen LogP contribution in [0.3, 0.4) is 0 Å². The maximum Gasteiger partial charge on any atom is 0.308 e. The number of carbonyl (C=O) groups is 1. The van der Waals surface area contributed by atoms with Crippen LogP contribution in [0.4, 0.5) is 0 Å². The third-order valence-corrected chi connectivity index (χ3v) is 3.72. The Balaban J connectivity index is 3.29. The van der Waals surface area contributed by atoms with Gasteiger partial charge in [-0.05, 0) is 18.8 Å². The fourth-order valence-corrected chi connectivity index (χ4v) is 2.53. The minimum atomic E-state index is -0.0155. The van der Waals surface area contributed by atoms with Crippen molar-refractivity contribution < 1.29 is 9.53 Å². The number of hydrogen-bond donors (Lipinski definition) is 0. The molecule has 0 saturated carbocycles. The fourth-order valence-electron chi connectivity index (χ4n) is 2.53. The smallest absolute Gasteiger partial charge is 0.308 e. The van der Waals surface area contributed by atoms with Crippen molar-refractivity contribution in [1.29, 1.82) is 0 Å². The normalized spacial score (nSPS) is 12.7. The molecule has 0 heterocycles. The molecule has 0 N–H and O–H groups in total. The molecule has 0 aliphatic heterocycles. The van der Waals surface area contributed by atoms with Crippen molar-refractivity contribution >= 4 is 5.97 Å².